The van der Waals surface area contributed by atoms with Gasteiger partial charge in [-0.3, -0.25) is 0 Å². The van der Waals surface area contributed by atoms with Crippen molar-refractivity contribution in [1.82, 2.24) is 0 Å². The van der Waals surface area contributed by atoms with Gasteiger partial charge in [0.1, 0.15) is 0 Å². The first-order valence-corrected chi connectivity index (χ1v) is 4.54. The maximum absolute atomic E-state index is 10.5. The molecule has 0 aliphatic heterocycles. The molecule has 2 aromatic rings. The summed E-state index contributed by atoms with van der Waals surface area (Å²) < 4.78 is 4.65. The van der Waals surface area contributed by atoms with Gasteiger partial charge in [0.15, 0.2) is 6.61 Å². The number of hydrogen-bond donors (Lipinski definition) is 1. The van der Waals surface area contributed by atoms with Crippen LogP contribution in [0.5, 0.6) is 0 Å². The summed E-state index contributed by atoms with van der Waals surface area (Å²) in [6.45, 7) is 1.37. The molecule has 2 N–H and O–H groups in total. The third kappa shape index (κ3) is 2.07. The van der Waals surface area contributed by atoms with Gasteiger partial charge in [0.2, 0.25) is 0 Å². The molecule has 0 unspecified atom stereocenters. The first-order chi connectivity index (χ1) is 7.27. The minimum Gasteiger partial charge on any atom is -0.437 e. The topological polar surface area (TPSA) is 52.3 Å². The molecule has 0 heterocycles. The van der Waals surface area contributed by atoms with E-state index >= 15 is 0 Å². The van der Waals surface area contributed by atoms with Crippen LogP contribution >= 0.6 is 0 Å². The van der Waals surface area contributed by atoms with E-state index in [-0.39, 0.29) is 0 Å². The van der Waals surface area contributed by atoms with Gasteiger partial charge in [0.25, 0.3) is 0 Å². The molecule has 3 nitrogen and oxygen atoms in total. The molecule has 0 saturated carbocycles. The summed E-state index contributed by atoms with van der Waals surface area (Å²) in [6.07, 6.45) is -0.803. The van der Waals surface area contributed by atoms with Crippen LogP contribution in [0.25, 0.3) is 10.8 Å². The lowest BCUT2D eigenvalue weighted by atomic mass is 10.1. The molecule has 3 heteroatoms. The van der Waals surface area contributed by atoms with Gasteiger partial charge in [-0.05, 0) is 10.8 Å². The van der Waals surface area contributed by atoms with Crippen molar-refractivity contribution >= 4 is 16.9 Å². The molecule has 0 aliphatic rings. The number of fused-ring (bicyclic) bond motifs is 1. The fourth-order valence-electron chi connectivity index (χ4n) is 1.47. The Balaban J connectivity index is 2.38. The highest BCUT2D eigenvalue weighted by Gasteiger charge is 2.02. The molecule has 0 spiro atoms. The molecule has 0 atom stereocenters. The van der Waals surface area contributed by atoms with Gasteiger partial charge in [-0.15, -0.1) is 0 Å². The first-order valence-electron chi connectivity index (χ1n) is 4.54. The Morgan fingerprint density at radius 1 is 1.13 bits per heavy atom. The first kappa shape index (κ1) is 9.52. The smallest absolute Gasteiger partial charge is 0.405 e. The summed E-state index contributed by atoms with van der Waals surface area (Å²) in [7, 11) is 0. The van der Waals surface area contributed by atoms with Crippen LogP contribution in [0.4, 0.5) is 4.79 Å². The molecular weight excluding hydrogens is 190 g/mol. The third-order valence-corrected chi connectivity index (χ3v) is 2.13. The van der Waals surface area contributed by atoms with Crippen LogP contribution in [0, 0.1) is 6.61 Å². The molecule has 2 aromatic carbocycles. The van der Waals surface area contributed by atoms with Crippen LogP contribution in [-0.4, -0.2) is 6.09 Å². The number of benzene rings is 2. The van der Waals surface area contributed by atoms with E-state index in [2.05, 4.69) is 4.74 Å². The maximum Gasteiger partial charge on any atom is 0.405 e. The second kappa shape index (κ2) is 4.00. The van der Waals surface area contributed by atoms with Crippen molar-refractivity contribution in [1.29, 1.82) is 0 Å². The normalized spacial score (nSPS) is 10.1. The number of amides is 1. The fraction of sp³-hybridized carbons (Fsp3) is 0. The zero-order valence-electron chi connectivity index (χ0n) is 8.01. The fourth-order valence-corrected chi connectivity index (χ4v) is 1.47. The molecule has 2 rings (SSSR count). The Hall–Kier alpha value is -2.03. The van der Waals surface area contributed by atoms with Crippen molar-refractivity contribution in [2.45, 2.75) is 0 Å². The van der Waals surface area contributed by atoms with Gasteiger partial charge in [-0.2, -0.15) is 0 Å². The second-order valence-electron chi connectivity index (χ2n) is 3.12. The Bertz CT molecular complexity index is 488. The van der Waals surface area contributed by atoms with Gasteiger partial charge in [-0.1, -0.05) is 42.5 Å². The van der Waals surface area contributed by atoms with Gasteiger partial charge < -0.3 is 10.5 Å². The van der Waals surface area contributed by atoms with Crippen molar-refractivity contribution in [2.75, 3.05) is 0 Å². The molecular formula is C12H10NO2. The Labute approximate surface area is 87.5 Å². The number of ether oxygens (including phenoxy) is 1. The van der Waals surface area contributed by atoms with Crippen LogP contribution in [0.3, 0.4) is 0 Å². The lowest BCUT2D eigenvalue weighted by Gasteiger charge is -2.04. The minimum atomic E-state index is -0.803. The summed E-state index contributed by atoms with van der Waals surface area (Å²) in [5.41, 5.74) is 5.73. The predicted octanol–water partition coefficient (Wildman–Crippen LogP) is 2.44. The zero-order chi connectivity index (χ0) is 10.7. The molecule has 1 amide bonds. The van der Waals surface area contributed by atoms with Crippen LogP contribution in [0.15, 0.2) is 42.5 Å². The van der Waals surface area contributed by atoms with Crippen molar-refractivity contribution < 1.29 is 9.53 Å². The standard InChI is InChI=1S/C12H10NO2/c13-12(14)15-8-10-6-3-5-9-4-1-2-7-11(9)10/h1-8H,(H2,13,14). The molecule has 75 valence electrons. The molecule has 15 heavy (non-hydrogen) atoms. The molecule has 0 aromatic heterocycles. The Kier molecular flexibility index (Phi) is 2.54. The van der Waals surface area contributed by atoms with Crippen LogP contribution in [0.2, 0.25) is 0 Å². The van der Waals surface area contributed by atoms with E-state index in [0.29, 0.717) is 0 Å². The van der Waals surface area contributed by atoms with E-state index in [1.54, 1.807) is 0 Å². The number of rotatable bonds is 2. The quantitative estimate of drug-likeness (QED) is 0.809. The molecule has 1 radical (unpaired) electrons. The second-order valence-corrected chi connectivity index (χ2v) is 3.12. The minimum absolute atomic E-state index is 0.803. The zero-order valence-corrected chi connectivity index (χ0v) is 8.01. The number of carbonyl (C=O) groups excluding carboxylic acids is 1. The van der Waals surface area contributed by atoms with E-state index < -0.39 is 6.09 Å². The molecule has 0 aliphatic carbocycles. The number of carbonyl (C=O) groups is 1. The third-order valence-electron chi connectivity index (χ3n) is 2.13. The highest BCUT2D eigenvalue weighted by atomic mass is 16.5. The lowest BCUT2D eigenvalue weighted by molar-refractivity contribution is 0.186. The van der Waals surface area contributed by atoms with E-state index in [1.807, 2.05) is 42.5 Å². The van der Waals surface area contributed by atoms with E-state index in [9.17, 15) is 4.79 Å². The number of nitrogens with two attached hydrogens (primary N) is 1. The maximum atomic E-state index is 10.5. The van der Waals surface area contributed by atoms with Crippen LogP contribution in [0.1, 0.15) is 5.56 Å². The van der Waals surface area contributed by atoms with Crippen molar-refractivity contribution in [3.63, 3.8) is 0 Å². The molecule has 0 bridgehead atoms. The van der Waals surface area contributed by atoms with Crippen LogP contribution in [-0.2, 0) is 4.74 Å². The molecule has 0 fully saturated rings. The average Bonchev–Trinajstić information content (AvgIpc) is 2.26. The number of hydrogen-bond acceptors (Lipinski definition) is 2. The van der Waals surface area contributed by atoms with E-state index in [4.69, 9.17) is 5.73 Å². The Morgan fingerprint density at radius 3 is 2.67 bits per heavy atom. The highest BCUT2D eigenvalue weighted by Crippen LogP contribution is 2.19. The predicted molar refractivity (Wildman–Crippen MR) is 58.0 cm³/mol. The highest BCUT2D eigenvalue weighted by molar-refractivity contribution is 5.86. The monoisotopic (exact) mass is 200 g/mol. The van der Waals surface area contributed by atoms with Crippen molar-refractivity contribution in [3.05, 3.63) is 54.6 Å². The summed E-state index contributed by atoms with van der Waals surface area (Å²) in [6, 6.07) is 13.6. The van der Waals surface area contributed by atoms with Crippen LogP contribution < -0.4 is 5.73 Å². The van der Waals surface area contributed by atoms with Crippen molar-refractivity contribution in [2.24, 2.45) is 5.73 Å². The summed E-state index contributed by atoms with van der Waals surface area (Å²) in [4.78, 5) is 10.5. The van der Waals surface area contributed by atoms with Gasteiger partial charge in [0, 0.05) is 5.56 Å². The Morgan fingerprint density at radius 2 is 1.87 bits per heavy atom. The SMILES string of the molecule is NC(=O)O[CH]c1cccc2ccccc12. The largest absolute Gasteiger partial charge is 0.437 e. The summed E-state index contributed by atoms with van der Waals surface area (Å²) >= 11 is 0. The van der Waals surface area contributed by atoms with Gasteiger partial charge in [0.05, 0.1) is 0 Å². The number of primary amides is 1. The van der Waals surface area contributed by atoms with E-state index in [1.165, 1.54) is 6.61 Å². The average molecular weight is 200 g/mol. The molecule has 0 saturated heterocycles. The van der Waals surface area contributed by atoms with E-state index in [0.717, 1.165) is 16.3 Å². The summed E-state index contributed by atoms with van der Waals surface area (Å²) in [5.74, 6) is 0. The lowest BCUT2D eigenvalue weighted by Crippen LogP contribution is -2.11. The van der Waals surface area contributed by atoms with Gasteiger partial charge in [-0.25, -0.2) is 4.79 Å². The summed E-state index contributed by atoms with van der Waals surface area (Å²) in [5, 5.41) is 2.13. The van der Waals surface area contributed by atoms with Gasteiger partial charge >= 0.3 is 6.09 Å². The van der Waals surface area contributed by atoms with Crippen molar-refractivity contribution in [3.8, 4) is 0 Å².